The molecule has 1 N–H and O–H groups in total. The molecule has 2 aromatic rings. The number of amides is 1. The van der Waals surface area contributed by atoms with E-state index in [9.17, 15) is 4.79 Å². The fourth-order valence-corrected chi connectivity index (χ4v) is 2.32. The van der Waals surface area contributed by atoms with E-state index < -0.39 is 0 Å². The Kier molecular flexibility index (Phi) is 4.16. The van der Waals surface area contributed by atoms with Crippen molar-refractivity contribution < 1.29 is 4.79 Å². The molecule has 114 valence electrons. The molecule has 0 radical (unpaired) electrons. The number of hydrogen-bond donors (Lipinski definition) is 1. The van der Waals surface area contributed by atoms with Crippen LogP contribution in [0.5, 0.6) is 0 Å². The van der Waals surface area contributed by atoms with Gasteiger partial charge in [-0.05, 0) is 12.3 Å². The van der Waals surface area contributed by atoms with Gasteiger partial charge in [0.1, 0.15) is 12.4 Å². The van der Waals surface area contributed by atoms with Crippen LogP contribution < -0.4 is 5.32 Å². The van der Waals surface area contributed by atoms with Gasteiger partial charge in [-0.1, -0.05) is 20.8 Å². The Labute approximate surface area is 125 Å². The zero-order valence-corrected chi connectivity index (χ0v) is 13.3. The van der Waals surface area contributed by atoms with Gasteiger partial charge in [-0.15, -0.1) is 0 Å². The molecule has 1 amide bonds. The van der Waals surface area contributed by atoms with Gasteiger partial charge in [-0.2, -0.15) is 5.10 Å². The second-order valence-electron chi connectivity index (χ2n) is 6.42. The maximum atomic E-state index is 12.3. The number of aromatic nitrogens is 4. The highest BCUT2D eigenvalue weighted by Gasteiger charge is 2.28. The third-order valence-electron chi connectivity index (χ3n) is 3.47. The Hall–Kier alpha value is -2.11. The van der Waals surface area contributed by atoms with Gasteiger partial charge < -0.3 is 9.88 Å². The number of hydrogen-bond acceptors (Lipinski definition) is 3. The third-order valence-corrected chi connectivity index (χ3v) is 3.47. The molecule has 0 aromatic carbocycles. The fourth-order valence-electron chi connectivity index (χ4n) is 2.32. The summed E-state index contributed by atoms with van der Waals surface area (Å²) in [4.78, 5) is 16.4. The van der Waals surface area contributed by atoms with Crippen molar-refractivity contribution in [3.05, 3.63) is 36.2 Å². The number of nitrogens with one attached hydrogen (secondary N) is 1. The molecule has 0 saturated heterocycles. The van der Waals surface area contributed by atoms with Gasteiger partial charge in [0.2, 0.25) is 5.91 Å². The van der Waals surface area contributed by atoms with E-state index in [0.29, 0.717) is 0 Å². The molecule has 0 bridgehead atoms. The lowest BCUT2D eigenvalue weighted by Gasteiger charge is -2.31. The summed E-state index contributed by atoms with van der Waals surface area (Å²) in [5.74, 6) is 0.804. The summed E-state index contributed by atoms with van der Waals surface area (Å²) in [7, 11) is 1.87. The van der Waals surface area contributed by atoms with Gasteiger partial charge in [0.05, 0.1) is 12.2 Å². The minimum absolute atomic E-state index is 0.0279. The molecule has 21 heavy (non-hydrogen) atoms. The summed E-state index contributed by atoms with van der Waals surface area (Å²) < 4.78 is 3.58. The molecule has 0 aliphatic carbocycles. The Morgan fingerprint density at radius 1 is 1.43 bits per heavy atom. The lowest BCUT2D eigenvalue weighted by Crippen LogP contribution is -2.38. The van der Waals surface area contributed by atoms with Crippen LogP contribution in [0.4, 0.5) is 0 Å². The minimum atomic E-state index is -0.0946. The van der Waals surface area contributed by atoms with Crippen molar-refractivity contribution >= 4 is 5.91 Å². The Bertz CT molecular complexity index is 620. The van der Waals surface area contributed by atoms with E-state index >= 15 is 0 Å². The van der Waals surface area contributed by atoms with Gasteiger partial charge in [-0.25, -0.2) is 4.98 Å². The lowest BCUT2D eigenvalue weighted by atomic mass is 9.83. The monoisotopic (exact) mass is 289 g/mol. The highest BCUT2D eigenvalue weighted by atomic mass is 16.2. The van der Waals surface area contributed by atoms with Gasteiger partial charge >= 0.3 is 0 Å². The van der Waals surface area contributed by atoms with Gasteiger partial charge in [-0.3, -0.25) is 9.48 Å². The summed E-state index contributed by atoms with van der Waals surface area (Å²) in [5, 5.41) is 7.31. The van der Waals surface area contributed by atoms with E-state index in [-0.39, 0.29) is 23.9 Å². The molecule has 0 aliphatic rings. The largest absolute Gasteiger partial charge is 0.347 e. The molecule has 0 saturated carbocycles. The van der Waals surface area contributed by atoms with Crippen molar-refractivity contribution in [1.82, 2.24) is 24.6 Å². The average Bonchev–Trinajstić information content (AvgIpc) is 2.95. The van der Waals surface area contributed by atoms with Gasteiger partial charge in [0.25, 0.3) is 0 Å². The average molecular weight is 289 g/mol. The molecular weight excluding hydrogens is 266 g/mol. The summed E-state index contributed by atoms with van der Waals surface area (Å²) in [6, 6.07) is -0.0810. The van der Waals surface area contributed by atoms with E-state index in [1.54, 1.807) is 17.1 Å². The zero-order chi connectivity index (χ0) is 15.6. The number of nitrogens with zero attached hydrogens (tertiary/aromatic N) is 4. The molecule has 1 atom stereocenters. The van der Waals surface area contributed by atoms with Crippen molar-refractivity contribution in [2.75, 3.05) is 0 Å². The number of imidazole rings is 1. The molecule has 0 spiro atoms. The van der Waals surface area contributed by atoms with E-state index in [1.807, 2.05) is 30.9 Å². The van der Waals surface area contributed by atoms with Crippen LogP contribution in [0.1, 0.15) is 38.2 Å². The minimum Gasteiger partial charge on any atom is -0.347 e. The zero-order valence-electron chi connectivity index (χ0n) is 13.3. The highest BCUT2D eigenvalue weighted by Crippen LogP contribution is 2.32. The SMILES string of the molecule is Cc1nccn1CC(=O)N[C@H](c1cnn(C)c1)C(C)(C)C. The van der Waals surface area contributed by atoms with E-state index in [1.165, 1.54) is 0 Å². The van der Waals surface area contributed by atoms with Crippen LogP contribution in [0.15, 0.2) is 24.8 Å². The van der Waals surface area contributed by atoms with Crippen LogP contribution in [0.3, 0.4) is 0 Å². The second kappa shape index (κ2) is 5.71. The molecule has 2 rings (SSSR count). The second-order valence-corrected chi connectivity index (χ2v) is 6.42. The highest BCUT2D eigenvalue weighted by molar-refractivity contribution is 5.76. The van der Waals surface area contributed by atoms with Crippen molar-refractivity contribution in [2.45, 2.75) is 40.3 Å². The molecule has 6 nitrogen and oxygen atoms in total. The molecule has 2 heterocycles. The Balaban J connectivity index is 2.12. The number of carbonyl (C=O) groups is 1. The molecule has 0 unspecified atom stereocenters. The molecule has 2 aromatic heterocycles. The van der Waals surface area contributed by atoms with Crippen LogP contribution in [0.2, 0.25) is 0 Å². The lowest BCUT2D eigenvalue weighted by molar-refractivity contribution is -0.123. The smallest absolute Gasteiger partial charge is 0.240 e. The summed E-state index contributed by atoms with van der Waals surface area (Å²) in [5.41, 5.74) is 0.920. The van der Waals surface area contributed by atoms with Crippen molar-refractivity contribution in [3.63, 3.8) is 0 Å². The van der Waals surface area contributed by atoms with Crippen LogP contribution in [0.25, 0.3) is 0 Å². The quantitative estimate of drug-likeness (QED) is 0.934. The summed E-state index contributed by atoms with van der Waals surface area (Å²) in [6.45, 7) is 8.47. The first-order valence-electron chi connectivity index (χ1n) is 7.03. The fraction of sp³-hybridized carbons (Fsp3) is 0.533. The molecule has 6 heteroatoms. The maximum absolute atomic E-state index is 12.3. The van der Waals surface area contributed by atoms with Crippen LogP contribution in [-0.4, -0.2) is 25.2 Å². The first-order chi connectivity index (χ1) is 9.77. The standard InChI is InChI=1S/C15H23N5O/c1-11-16-6-7-20(11)10-13(21)18-14(15(2,3)4)12-8-17-19(5)9-12/h6-9,14H,10H2,1-5H3,(H,18,21)/t14-/m1/s1. The molecular formula is C15H23N5O. The van der Waals surface area contributed by atoms with Gasteiger partial charge in [0.15, 0.2) is 0 Å². The van der Waals surface area contributed by atoms with Gasteiger partial charge in [0, 0.05) is 31.2 Å². The summed E-state index contributed by atoms with van der Waals surface area (Å²) in [6.07, 6.45) is 7.26. The van der Waals surface area contributed by atoms with E-state index in [0.717, 1.165) is 11.4 Å². The Morgan fingerprint density at radius 3 is 2.62 bits per heavy atom. The normalized spacial score (nSPS) is 13.2. The van der Waals surface area contributed by atoms with Crippen molar-refractivity contribution in [1.29, 1.82) is 0 Å². The number of rotatable bonds is 4. The Morgan fingerprint density at radius 2 is 2.14 bits per heavy atom. The van der Waals surface area contributed by atoms with Crippen LogP contribution in [0, 0.1) is 12.3 Å². The van der Waals surface area contributed by atoms with Crippen molar-refractivity contribution in [2.24, 2.45) is 12.5 Å². The number of carbonyl (C=O) groups excluding carboxylic acids is 1. The van der Waals surface area contributed by atoms with Crippen molar-refractivity contribution in [3.8, 4) is 0 Å². The first kappa shape index (κ1) is 15.3. The summed E-state index contributed by atoms with van der Waals surface area (Å²) >= 11 is 0. The van der Waals surface area contributed by atoms with Crippen LogP contribution in [-0.2, 0) is 18.4 Å². The van der Waals surface area contributed by atoms with E-state index in [4.69, 9.17) is 0 Å². The van der Waals surface area contributed by atoms with E-state index in [2.05, 4.69) is 36.2 Å². The predicted octanol–water partition coefficient (Wildman–Crippen LogP) is 1.83. The first-order valence-corrected chi connectivity index (χ1v) is 7.03. The number of aryl methyl sites for hydroxylation is 2. The molecule has 0 fully saturated rings. The maximum Gasteiger partial charge on any atom is 0.240 e. The third kappa shape index (κ3) is 3.71. The molecule has 0 aliphatic heterocycles. The predicted molar refractivity (Wildman–Crippen MR) is 80.5 cm³/mol. The topological polar surface area (TPSA) is 64.7 Å². The van der Waals surface area contributed by atoms with Crippen LogP contribution >= 0.6 is 0 Å².